The zero-order valence-electron chi connectivity index (χ0n) is 14.1. The Morgan fingerprint density at radius 2 is 1.95 bits per heavy atom. The second kappa shape index (κ2) is 6.00. The first-order valence-electron chi connectivity index (χ1n) is 9.28. The number of piperazine rings is 3. The average molecular weight is 305 g/mol. The van der Waals surface area contributed by atoms with Crippen molar-refractivity contribution in [2.75, 3.05) is 58.9 Å². The molecule has 1 spiro atoms. The second-order valence-corrected chi connectivity index (χ2v) is 7.71. The summed E-state index contributed by atoms with van der Waals surface area (Å²) in [5, 5.41) is 3.54. The molecule has 0 aromatic carbocycles. The average Bonchev–Trinajstić information content (AvgIpc) is 2.98. The highest BCUT2D eigenvalue weighted by Crippen LogP contribution is 2.47. The van der Waals surface area contributed by atoms with Crippen molar-refractivity contribution in [3.8, 4) is 0 Å². The molecule has 5 heteroatoms. The lowest BCUT2D eigenvalue weighted by Gasteiger charge is -2.47. The predicted octanol–water partition coefficient (Wildman–Crippen LogP) is 0.828. The van der Waals surface area contributed by atoms with Crippen molar-refractivity contribution in [1.82, 2.24) is 20.0 Å². The van der Waals surface area contributed by atoms with E-state index in [0.29, 0.717) is 11.5 Å². The molecule has 1 N–H and O–H groups in total. The van der Waals surface area contributed by atoms with E-state index in [4.69, 9.17) is 4.99 Å². The summed E-state index contributed by atoms with van der Waals surface area (Å²) in [5.74, 6) is 1.17. The molecule has 1 atom stereocenters. The van der Waals surface area contributed by atoms with Crippen LogP contribution in [0, 0.1) is 5.41 Å². The normalized spacial score (nSPS) is 36.7. The molecule has 0 aromatic rings. The summed E-state index contributed by atoms with van der Waals surface area (Å²) in [5.41, 5.74) is 0.648. The fourth-order valence-corrected chi connectivity index (χ4v) is 4.72. The van der Waals surface area contributed by atoms with Crippen molar-refractivity contribution < 1.29 is 0 Å². The molecule has 0 radical (unpaired) electrons. The van der Waals surface area contributed by atoms with Crippen LogP contribution in [-0.2, 0) is 0 Å². The maximum Gasteiger partial charge on any atom is 0.193 e. The molecule has 4 aliphatic heterocycles. The van der Waals surface area contributed by atoms with Crippen LogP contribution in [0.2, 0.25) is 0 Å². The van der Waals surface area contributed by atoms with Gasteiger partial charge >= 0.3 is 0 Å². The fraction of sp³-hybridized carbons (Fsp3) is 0.941. The number of hydrogen-bond acceptors (Lipinski definition) is 3. The Morgan fingerprint density at radius 1 is 1.14 bits per heavy atom. The van der Waals surface area contributed by atoms with Crippen LogP contribution in [0.15, 0.2) is 4.99 Å². The maximum absolute atomic E-state index is 5.02. The summed E-state index contributed by atoms with van der Waals surface area (Å²) in [7, 11) is 0. The first-order valence-corrected chi connectivity index (χ1v) is 9.28. The van der Waals surface area contributed by atoms with Crippen LogP contribution in [0.1, 0.15) is 32.6 Å². The van der Waals surface area contributed by atoms with Gasteiger partial charge in [0.2, 0.25) is 0 Å². The van der Waals surface area contributed by atoms with Crippen LogP contribution in [0.5, 0.6) is 0 Å². The van der Waals surface area contributed by atoms with Gasteiger partial charge in [-0.1, -0.05) is 6.42 Å². The number of nitrogens with one attached hydrogen (secondary N) is 1. The monoisotopic (exact) mass is 305 g/mol. The summed E-state index contributed by atoms with van der Waals surface area (Å²) in [4.78, 5) is 12.8. The molecule has 22 heavy (non-hydrogen) atoms. The maximum atomic E-state index is 5.02. The van der Waals surface area contributed by atoms with Crippen molar-refractivity contribution in [2.45, 2.75) is 38.6 Å². The Balaban J connectivity index is 1.38. The van der Waals surface area contributed by atoms with E-state index in [1.54, 1.807) is 0 Å². The van der Waals surface area contributed by atoms with Gasteiger partial charge in [-0.25, -0.2) is 0 Å². The Bertz CT molecular complexity index is 423. The molecule has 5 rings (SSSR count). The van der Waals surface area contributed by atoms with Crippen LogP contribution < -0.4 is 5.32 Å². The number of guanidine groups is 1. The van der Waals surface area contributed by atoms with Gasteiger partial charge in [-0.2, -0.15) is 0 Å². The number of nitrogens with zero attached hydrogens (tertiary/aromatic N) is 4. The van der Waals surface area contributed by atoms with Gasteiger partial charge in [-0.15, -0.1) is 0 Å². The summed E-state index contributed by atoms with van der Waals surface area (Å²) in [6.45, 7) is 12.8. The lowest BCUT2D eigenvalue weighted by molar-refractivity contribution is 0.0173. The Hall–Kier alpha value is -0.810. The Labute approximate surface area is 134 Å². The van der Waals surface area contributed by atoms with Crippen LogP contribution in [0.4, 0.5) is 0 Å². The highest BCUT2D eigenvalue weighted by molar-refractivity contribution is 5.80. The Kier molecular flexibility index (Phi) is 4.03. The zero-order valence-corrected chi connectivity index (χ0v) is 14.1. The minimum absolute atomic E-state index is 0.636. The first kappa shape index (κ1) is 14.8. The molecule has 0 aromatic heterocycles. The van der Waals surface area contributed by atoms with Crippen molar-refractivity contribution in [1.29, 1.82) is 0 Å². The zero-order chi connectivity index (χ0) is 15.0. The summed E-state index contributed by atoms with van der Waals surface area (Å²) < 4.78 is 0. The molecule has 5 nitrogen and oxygen atoms in total. The molecule has 124 valence electrons. The summed E-state index contributed by atoms with van der Waals surface area (Å²) in [6, 6.07) is 0.636. The number of hydrogen-bond donors (Lipinski definition) is 1. The lowest BCUT2D eigenvalue weighted by Crippen LogP contribution is -2.62. The van der Waals surface area contributed by atoms with Gasteiger partial charge in [0.15, 0.2) is 5.96 Å². The van der Waals surface area contributed by atoms with E-state index >= 15 is 0 Å². The van der Waals surface area contributed by atoms with Crippen LogP contribution >= 0.6 is 0 Å². The molecular weight excluding hydrogens is 274 g/mol. The van der Waals surface area contributed by atoms with Gasteiger partial charge in [0.1, 0.15) is 0 Å². The Morgan fingerprint density at radius 3 is 2.50 bits per heavy atom. The third-order valence-corrected chi connectivity index (χ3v) is 6.33. The second-order valence-electron chi connectivity index (χ2n) is 7.71. The third-order valence-electron chi connectivity index (χ3n) is 6.33. The number of fused-ring (bicyclic) bond motifs is 3. The van der Waals surface area contributed by atoms with Crippen molar-refractivity contribution in [3.05, 3.63) is 0 Å². The number of rotatable bonds is 3. The van der Waals surface area contributed by atoms with Crippen molar-refractivity contribution in [2.24, 2.45) is 10.4 Å². The van der Waals surface area contributed by atoms with Gasteiger partial charge in [0.25, 0.3) is 0 Å². The quantitative estimate of drug-likeness (QED) is 0.619. The molecule has 5 aliphatic rings. The summed E-state index contributed by atoms with van der Waals surface area (Å²) >= 11 is 0. The molecular formula is C17H31N5. The minimum atomic E-state index is 0.636. The van der Waals surface area contributed by atoms with E-state index in [2.05, 4.69) is 26.9 Å². The topological polar surface area (TPSA) is 34.1 Å². The van der Waals surface area contributed by atoms with Gasteiger partial charge in [-0.05, 0) is 31.6 Å². The largest absolute Gasteiger partial charge is 0.357 e. The van der Waals surface area contributed by atoms with Crippen LogP contribution in [0.3, 0.4) is 0 Å². The molecule has 1 unspecified atom stereocenters. The van der Waals surface area contributed by atoms with E-state index in [-0.39, 0.29) is 0 Å². The third kappa shape index (κ3) is 2.73. The standard InChI is InChI=1S/C17H31N5/c1-2-18-16(22-7-6-17(14-22)4-3-5-17)19-12-15-13-20-8-10-21(15)11-9-20/h15H,2-14H2,1H3,(H,18,19). The molecule has 4 heterocycles. The molecule has 2 bridgehead atoms. The highest BCUT2D eigenvalue weighted by atomic mass is 15.4. The molecule has 0 amide bonds. The van der Waals surface area contributed by atoms with Crippen LogP contribution in [0.25, 0.3) is 0 Å². The van der Waals surface area contributed by atoms with Crippen molar-refractivity contribution >= 4 is 5.96 Å². The van der Waals surface area contributed by atoms with Gasteiger partial charge in [-0.3, -0.25) is 14.8 Å². The lowest BCUT2D eigenvalue weighted by atomic mass is 9.68. The van der Waals surface area contributed by atoms with Gasteiger partial charge in [0.05, 0.1) is 6.54 Å². The molecule has 1 aliphatic carbocycles. The fourth-order valence-electron chi connectivity index (χ4n) is 4.72. The van der Waals surface area contributed by atoms with E-state index in [1.807, 2.05) is 0 Å². The smallest absolute Gasteiger partial charge is 0.193 e. The number of aliphatic imine (C=N–C) groups is 1. The molecule has 4 saturated heterocycles. The molecule has 1 saturated carbocycles. The highest BCUT2D eigenvalue weighted by Gasteiger charge is 2.43. The van der Waals surface area contributed by atoms with Gasteiger partial charge in [0, 0.05) is 58.4 Å². The SMILES string of the molecule is CCNC(=NCC1CN2CCN1CC2)N1CCC2(CCC2)C1. The first-order chi connectivity index (χ1) is 10.8. The van der Waals surface area contributed by atoms with E-state index in [9.17, 15) is 0 Å². The van der Waals surface area contributed by atoms with Gasteiger partial charge < -0.3 is 10.2 Å². The molecule has 5 fully saturated rings. The number of likely N-dealkylation sites (tertiary alicyclic amines) is 1. The predicted molar refractivity (Wildman–Crippen MR) is 90.3 cm³/mol. The summed E-state index contributed by atoms with van der Waals surface area (Å²) in [6.07, 6.45) is 5.69. The van der Waals surface area contributed by atoms with Crippen LogP contribution in [-0.4, -0.2) is 85.6 Å². The van der Waals surface area contributed by atoms with E-state index in [1.165, 1.54) is 77.5 Å². The van der Waals surface area contributed by atoms with E-state index < -0.39 is 0 Å². The van der Waals surface area contributed by atoms with Crippen molar-refractivity contribution in [3.63, 3.8) is 0 Å². The minimum Gasteiger partial charge on any atom is -0.357 e. The van der Waals surface area contributed by atoms with E-state index in [0.717, 1.165) is 13.1 Å².